The van der Waals surface area contributed by atoms with Crippen LogP contribution in [0.2, 0.25) is 0 Å². The van der Waals surface area contributed by atoms with E-state index in [1.807, 2.05) is 11.0 Å². The number of benzene rings is 1. The average Bonchev–Trinajstić information content (AvgIpc) is 2.65. The van der Waals surface area contributed by atoms with Gasteiger partial charge in [0.2, 0.25) is 0 Å². The number of nitrogens with zero attached hydrogens (tertiary/aromatic N) is 3. The molecule has 2 heterocycles. The van der Waals surface area contributed by atoms with Crippen molar-refractivity contribution in [1.29, 1.82) is 5.26 Å². The van der Waals surface area contributed by atoms with Gasteiger partial charge in [0.1, 0.15) is 0 Å². The second kappa shape index (κ2) is 7.51. The number of hydrogen-bond acceptors (Lipinski definition) is 6. The molecular formula is C17H21N3O4. The minimum absolute atomic E-state index is 0.0458. The Morgan fingerprint density at radius 3 is 3.04 bits per heavy atom. The fourth-order valence-electron chi connectivity index (χ4n) is 3.06. The lowest BCUT2D eigenvalue weighted by Crippen LogP contribution is -2.59. The molecule has 24 heavy (non-hydrogen) atoms. The maximum absolute atomic E-state index is 12.4. The number of fused-ring (bicyclic) bond motifs is 1. The molecule has 1 aromatic rings. The van der Waals surface area contributed by atoms with Crippen LogP contribution in [0.3, 0.4) is 0 Å². The summed E-state index contributed by atoms with van der Waals surface area (Å²) in [7, 11) is 1.51. The molecule has 1 unspecified atom stereocenters. The summed E-state index contributed by atoms with van der Waals surface area (Å²) in [5, 5.41) is 8.91. The number of hydrogen-bond donors (Lipinski definition) is 0. The molecule has 2 aliphatic heterocycles. The molecular weight excluding hydrogens is 310 g/mol. The number of carbonyl (C=O) groups is 1. The van der Waals surface area contributed by atoms with Crippen molar-refractivity contribution in [3.05, 3.63) is 23.8 Å². The largest absolute Gasteiger partial charge is 0.493 e. The van der Waals surface area contributed by atoms with Crippen LogP contribution in [0.1, 0.15) is 5.56 Å². The SMILES string of the molecule is COc1cc(C#N)ccc1OCC(=O)N1CCN2CCOCC2C1. The van der Waals surface area contributed by atoms with Crippen LogP contribution in [0.15, 0.2) is 18.2 Å². The van der Waals surface area contributed by atoms with Crippen LogP contribution in [0.4, 0.5) is 0 Å². The minimum Gasteiger partial charge on any atom is -0.493 e. The highest BCUT2D eigenvalue weighted by Crippen LogP contribution is 2.27. The minimum atomic E-state index is -0.0494. The smallest absolute Gasteiger partial charge is 0.260 e. The van der Waals surface area contributed by atoms with E-state index >= 15 is 0 Å². The van der Waals surface area contributed by atoms with Crippen molar-refractivity contribution in [2.75, 3.05) is 53.1 Å². The summed E-state index contributed by atoms with van der Waals surface area (Å²) in [5.74, 6) is 0.864. The van der Waals surface area contributed by atoms with E-state index in [0.29, 0.717) is 36.8 Å². The third kappa shape index (κ3) is 3.61. The van der Waals surface area contributed by atoms with Crippen molar-refractivity contribution in [3.63, 3.8) is 0 Å². The van der Waals surface area contributed by atoms with Crippen molar-refractivity contribution in [3.8, 4) is 17.6 Å². The number of methoxy groups -OCH3 is 1. The van der Waals surface area contributed by atoms with Gasteiger partial charge in [0, 0.05) is 32.2 Å². The van der Waals surface area contributed by atoms with Gasteiger partial charge in [-0.05, 0) is 12.1 Å². The third-order valence-electron chi connectivity index (χ3n) is 4.43. The summed E-state index contributed by atoms with van der Waals surface area (Å²) in [6.07, 6.45) is 0. The van der Waals surface area contributed by atoms with Gasteiger partial charge in [-0.15, -0.1) is 0 Å². The molecule has 7 heteroatoms. The standard InChI is InChI=1S/C17H21N3O4/c1-22-16-8-13(9-18)2-3-15(16)24-12-17(21)20-5-4-19-6-7-23-11-14(19)10-20/h2-3,8,14H,4-7,10-12H2,1H3. The second-order valence-electron chi connectivity index (χ2n) is 5.87. The maximum Gasteiger partial charge on any atom is 0.260 e. The third-order valence-corrected chi connectivity index (χ3v) is 4.43. The van der Waals surface area contributed by atoms with Crippen LogP contribution in [0.5, 0.6) is 11.5 Å². The quantitative estimate of drug-likeness (QED) is 0.799. The van der Waals surface area contributed by atoms with E-state index in [-0.39, 0.29) is 18.6 Å². The predicted molar refractivity (Wildman–Crippen MR) is 86.0 cm³/mol. The van der Waals surface area contributed by atoms with E-state index in [9.17, 15) is 4.79 Å². The number of ether oxygens (including phenoxy) is 3. The first-order chi connectivity index (χ1) is 11.7. The fraction of sp³-hybridized carbons (Fsp3) is 0.529. The number of amides is 1. The Bertz CT molecular complexity index is 643. The van der Waals surface area contributed by atoms with E-state index in [0.717, 1.165) is 19.7 Å². The van der Waals surface area contributed by atoms with E-state index in [1.165, 1.54) is 7.11 Å². The molecule has 0 bridgehead atoms. The summed E-state index contributed by atoms with van der Waals surface area (Å²) in [5.41, 5.74) is 0.485. The summed E-state index contributed by atoms with van der Waals surface area (Å²) < 4.78 is 16.3. The van der Waals surface area contributed by atoms with Crippen LogP contribution in [-0.4, -0.2) is 74.9 Å². The Labute approximate surface area is 141 Å². The zero-order valence-corrected chi connectivity index (χ0v) is 13.7. The lowest BCUT2D eigenvalue weighted by Gasteiger charge is -2.43. The summed E-state index contributed by atoms with van der Waals surface area (Å²) in [6.45, 7) is 4.59. The van der Waals surface area contributed by atoms with Gasteiger partial charge in [-0.1, -0.05) is 0 Å². The number of nitriles is 1. The molecule has 0 radical (unpaired) electrons. The number of carbonyl (C=O) groups excluding carboxylic acids is 1. The molecule has 7 nitrogen and oxygen atoms in total. The van der Waals surface area contributed by atoms with Gasteiger partial charge in [-0.25, -0.2) is 0 Å². The molecule has 2 saturated heterocycles. The monoisotopic (exact) mass is 331 g/mol. The van der Waals surface area contributed by atoms with Crippen LogP contribution in [0, 0.1) is 11.3 Å². The van der Waals surface area contributed by atoms with Gasteiger partial charge < -0.3 is 19.1 Å². The van der Waals surface area contributed by atoms with Crippen molar-refractivity contribution in [2.24, 2.45) is 0 Å². The molecule has 3 rings (SSSR count). The van der Waals surface area contributed by atoms with Crippen LogP contribution in [-0.2, 0) is 9.53 Å². The first kappa shape index (κ1) is 16.6. The zero-order valence-electron chi connectivity index (χ0n) is 13.7. The number of rotatable bonds is 4. The Morgan fingerprint density at radius 2 is 2.25 bits per heavy atom. The lowest BCUT2D eigenvalue weighted by atomic mass is 10.1. The molecule has 2 aliphatic rings. The van der Waals surface area contributed by atoms with Gasteiger partial charge in [0.05, 0.1) is 38.0 Å². The van der Waals surface area contributed by atoms with Gasteiger partial charge >= 0.3 is 0 Å². The van der Waals surface area contributed by atoms with E-state index in [1.54, 1.807) is 18.2 Å². The Balaban J connectivity index is 1.57. The van der Waals surface area contributed by atoms with Gasteiger partial charge in [-0.2, -0.15) is 5.26 Å². The first-order valence-electron chi connectivity index (χ1n) is 8.02. The summed E-state index contributed by atoms with van der Waals surface area (Å²) in [6, 6.07) is 7.21. The topological polar surface area (TPSA) is 75.0 Å². The highest BCUT2D eigenvalue weighted by molar-refractivity contribution is 5.78. The number of morpholine rings is 1. The van der Waals surface area contributed by atoms with Crippen LogP contribution in [0.25, 0.3) is 0 Å². The normalized spacial score (nSPS) is 20.8. The maximum atomic E-state index is 12.4. The molecule has 1 amide bonds. The van der Waals surface area contributed by atoms with Crippen molar-refractivity contribution < 1.29 is 19.0 Å². The van der Waals surface area contributed by atoms with Crippen molar-refractivity contribution in [1.82, 2.24) is 9.80 Å². The van der Waals surface area contributed by atoms with Crippen LogP contribution < -0.4 is 9.47 Å². The highest BCUT2D eigenvalue weighted by atomic mass is 16.5. The molecule has 1 atom stereocenters. The molecule has 128 valence electrons. The fourth-order valence-corrected chi connectivity index (χ4v) is 3.06. The van der Waals surface area contributed by atoms with E-state index in [2.05, 4.69) is 4.90 Å². The van der Waals surface area contributed by atoms with Crippen molar-refractivity contribution in [2.45, 2.75) is 6.04 Å². The predicted octanol–water partition coefficient (Wildman–Crippen LogP) is 0.489. The molecule has 0 spiro atoms. The first-order valence-corrected chi connectivity index (χ1v) is 8.02. The summed E-state index contributed by atoms with van der Waals surface area (Å²) >= 11 is 0. The van der Waals surface area contributed by atoms with E-state index in [4.69, 9.17) is 19.5 Å². The Kier molecular flexibility index (Phi) is 5.18. The summed E-state index contributed by atoms with van der Waals surface area (Å²) in [4.78, 5) is 16.6. The van der Waals surface area contributed by atoms with Gasteiger partial charge in [-0.3, -0.25) is 9.69 Å². The molecule has 0 N–H and O–H groups in total. The molecule has 0 aromatic heterocycles. The highest BCUT2D eigenvalue weighted by Gasteiger charge is 2.31. The molecule has 1 aromatic carbocycles. The van der Waals surface area contributed by atoms with Gasteiger partial charge in [0.25, 0.3) is 5.91 Å². The Hall–Kier alpha value is -2.30. The molecule has 0 saturated carbocycles. The Morgan fingerprint density at radius 1 is 1.38 bits per heavy atom. The second-order valence-corrected chi connectivity index (χ2v) is 5.87. The number of piperazine rings is 1. The molecule has 0 aliphatic carbocycles. The average molecular weight is 331 g/mol. The van der Waals surface area contributed by atoms with Crippen molar-refractivity contribution >= 4 is 5.91 Å². The lowest BCUT2D eigenvalue weighted by molar-refractivity contribution is -0.139. The van der Waals surface area contributed by atoms with Crippen LogP contribution >= 0.6 is 0 Å². The van der Waals surface area contributed by atoms with E-state index < -0.39 is 0 Å². The zero-order chi connectivity index (χ0) is 16.9. The molecule has 2 fully saturated rings. The van der Waals surface area contributed by atoms with Gasteiger partial charge in [0.15, 0.2) is 18.1 Å².